The van der Waals surface area contributed by atoms with Crippen LogP contribution in [0.1, 0.15) is 57.6 Å². The van der Waals surface area contributed by atoms with Crippen molar-refractivity contribution < 1.29 is 33.8 Å². The summed E-state index contributed by atoms with van der Waals surface area (Å²) in [7, 11) is 1.46. The smallest absolute Gasteiger partial charge is 0.328 e. The van der Waals surface area contributed by atoms with Crippen LogP contribution in [-0.4, -0.2) is 69.5 Å². The predicted molar refractivity (Wildman–Crippen MR) is 160 cm³/mol. The van der Waals surface area contributed by atoms with Gasteiger partial charge in [0.05, 0.1) is 19.2 Å². The Hall–Kier alpha value is -4.61. The van der Waals surface area contributed by atoms with Gasteiger partial charge < -0.3 is 30.7 Å². The number of urea groups is 2. The number of ether oxygens (including phenoxy) is 1. The first-order valence-corrected chi connectivity index (χ1v) is 14.3. The van der Waals surface area contributed by atoms with Gasteiger partial charge in [0.2, 0.25) is 5.91 Å². The fourth-order valence-electron chi connectivity index (χ4n) is 5.17. The first kappa shape index (κ1) is 31.3. The molecule has 2 atom stereocenters. The summed E-state index contributed by atoms with van der Waals surface area (Å²) in [6.07, 6.45) is 1.86. The van der Waals surface area contributed by atoms with Crippen LogP contribution < -0.4 is 20.7 Å². The van der Waals surface area contributed by atoms with Crippen molar-refractivity contribution in [1.82, 2.24) is 15.1 Å². The number of carboxylic acid groups (broad SMARTS) is 1. The zero-order valence-electron chi connectivity index (χ0n) is 25.1. The number of nitrogens with one attached hydrogen (secondary N) is 3. The van der Waals surface area contributed by atoms with E-state index in [2.05, 4.69) is 16.0 Å². The average Bonchev–Trinajstić information content (AvgIpc) is 3.74. The van der Waals surface area contributed by atoms with Crippen LogP contribution in [0.3, 0.4) is 0 Å². The van der Waals surface area contributed by atoms with E-state index in [4.69, 9.17) is 9.84 Å². The molecular formula is C31H39N5O7. The highest BCUT2D eigenvalue weighted by Crippen LogP contribution is 2.38. The highest BCUT2D eigenvalue weighted by molar-refractivity contribution is 6.09. The number of rotatable bonds is 12. The van der Waals surface area contributed by atoms with E-state index in [1.54, 1.807) is 45.0 Å². The van der Waals surface area contributed by atoms with Gasteiger partial charge >= 0.3 is 18.0 Å². The molecule has 1 aliphatic carbocycles. The van der Waals surface area contributed by atoms with Gasteiger partial charge in [-0.15, -0.1) is 0 Å². The largest absolute Gasteiger partial charge is 0.495 e. The number of hydrogen-bond donors (Lipinski definition) is 4. The number of amides is 6. The number of carbonyl (C=O) groups is 5. The van der Waals surface area contributed by atoms with Crippen LogP contribution in [0.25, 0.3) is 0 Å². The van der Waals surface area contributed by atoms with Crippen molar-refractivity contribution in [2.24, 2.45) is 5.92 Å². The molecule has 1 saturated carbocycles. The SMILES string of the molecule is COc1cc(CN2C(=O)N([C@@H](CC3CC3)C(=O)N[C@H](C)CC(=O)O)C(=O)C2(C)C)ccc1NC(=O)Nc1ccccc1C. The second-order valence-electron chi connectivity index (χ2n) is 11.7. The van der Waals surface area contributed by atoms with Crippen LogP contribution in [0.5, 0.6) is 5.75 Å². The number of aliphatic carboxylic acids is 1. The molecule has 0 bridgehead atoms. The third-order valence-corrected chi connectivity index (χ3v) is 7.84. The first-order chi connectivity index (χ1) is 20.3. The van der Waals surface area contributed by atoms with Crippen molar-refractivity contribution in [2.75, 3.05) is 17.7 Å². The van der Waals surface area contributed by atoms with Crippen molar-refractivity contribution in [3.8, 4) is 5.75 Å². The number of methoxy groups -OCH3 is 1. The molecule has 1 saturated heterocycles. The van der Waals surface area contributed by atoms with Crippen molar-refractivity contribution in [1.29, 1.82) is 0 Å². The van der Waals surface area contributed by atoms with E-state index in [0.717, 1.165) is 23.3 Å². The van der Waals surface area contributed by atoms with E-state index in [1.807, 2.05) is 25.1 Å². The van der Waals surface area contributed by atoms with Crippen molar-refractivity contribution in [3.63, 3.8) is 0 Å². The summed E-state index contributed by atoms with van der Waals surface area (Å²) in [6.45, 7) is 6.78. The summed E-state index contributed by atoms with van der Waals surface area (Å²) < 4.78 is 5.51. The molecule has 2 aliphatic rings. The molecule has 4 rings (SSSR count). The lowest BCUT2D eigenvalue weighted by molar-refractivity contribution is -0.140. The summed E-state index contributed by atoms with van der Waals surface area (Å²) in [5, 5.41) is 17.3. The second-order valence-corrected chi connectivity index (χ2v) is 11.7. The van der Waals surface area contributed by atoms with E-state index in [0.29, 0.717) is 29.1 Å². The molecule has 2 fully saturated rings. The molecule has 230 valence electrons. The quantitative estimate of drug-likeness (QED) is 0.267. The number of imide groups is 1. The highest BCUT2D eigenvalue weighted by atomic mass is 16.5. The molecule has 12 nitrogen and oxygen atoms in total. The lowest BCUT2D eigenvalue weighted by Crippen LogP contribution is -2.52. The topological polar surface area (TPSA) is 157 Å². The maximum atomic E-state index is 13.8. The van der Waals surface area contributed by atoms with Crippen LogP contribution >= 0.6 is 0 Å². The van der Waals surface area contributed by atoms with Crippen molar-refractivity contribution in [2.45, 2.75) is 77.5 Å². The Bertz CT molecular complexity index is 1420. The lowest BCUT2D eigenvalue weighted by Gasteiger charge is -2.28. The van der Waals surface area contributed by atoms with Gasteiger partial charge in [-0.05, 0) is 69.4 Å². The van der Waals surface area contributed by atoms with Crippen LogP contribution in [0.4, 0.5) is 21.0 Å². The molecular weight excluding hydrogens is 554 g/mol. The third kappa shape index (κ3) is 7.25. The zero-order chi connectivity index (χ0) is 31.5. The number of nitrogens with zero attached hydrogens (tertiary/aromatic N) is 2. The van der Waals surface area contributed by atoms with Gasteiger partial charge in [0.15, 0.2) is 0 Å². The van der Waals surface area contributed by atoms with Gasteiger partial charge in [0, 0.05) is 18.3 Å². The minimum atomic E-state index is -1.25. The van der Waals surface area contributed by atoms with Gasteiger partial charge in [-0.3, -0.25) is 14.4 Å². The molecule has 2 aromatic rings. The van der Waals surface area contributed by atoms with Crippen LogP contribution in [-0.2, 0) is 20.9 Å². The first-order valence-electron chi connectivity index (χ1n) is 14.3. The standard InChI is InChI=1S/C31H39N5O7/c1-18-8-6-7-9-22(18)33-29(41)34-23-13-12-21(16-25(23)43-5)17-35-30(42)36(28(40)31(35,3)4)24(15-20-10-11-20)27(39)32-19(2)14-26(37)38/h6-9,12-13,16,19-20,24H,10-11,14-15,17H2,1-5H3,(H,32,39)(H,37,38)(H2,33,34,41)/t19-,24+/m1/s1. The number of aryl methyl sites for hydroxylation is 1. The van der Waals surface area contributed by atoms with Crippen molar-refractivity contribution in [3.05, 3.63) is 53.6 Å². The number of anilines is 2. The minimum absolute atomic E-state index is 0.0489. The Labute approximate surface area is 250 Å². The monoisotopic (exact) mass is 593 g/mol. The van der Waals surface area contributed by atoms with Crippen LogP contribution in [0.15, 0.2) is 42.5 Å². The molecule has 6 amide bonds. The van der Waals surface area contributed by atoms with E-state index < -0.39 is 47.5 Å². The van der Waals surface area contributed by atoms with E-state index >= 15 is 0 Å². The fourth-order valence-corrected chi connectivity index (χ4v) is 5.17. The van der Waals surface area contributed by atoms with E-state index in [9.17, 15) is 24.0 Å². The maximum Gasteiger partial charge on any atom is 0.328 e. The molecule has 0 unspecified atom stereocenters. The zero-order valence-corrected chi connectivity index (χ0v) is 25.1. The second kappa shape index (κ2) is 12.7. The summed E-state index contributed by atoms with van der Waals surface area (Å²) in [5.74, 6) is -1.52. The van der Waals surface area contributed by atoms with Gasteiger partial charge in [-0.2, -0.15) is 0 Å². The number of para-hydroxylation sites is 1. The molecule has 1 heterocycles. The summed E-state index contributed by atoms with van der Waals surface area (Å²) in [6, 6.07) is 9.70. The molecule has 4 N–H and O–H groups in total. The van der Waals surface area contributed by atoms with Crippen molar-refractivity contribution >= 4 is 41.2 Å². The molecule has 0 radical (unpaired) electrons. The Balaban J connectivity index is 1.51. The maximum absolute atomic E-state index is 13.8. The van der Waals surface area contributed by atoms with Crippen LogP contribution in [0, 0.1) is 12.8 Å². The Morgan fingerprint density at radius 3 is 2.37 bits per heavy atom. The molecule has 43 heavy (non-hydrogen) atoms. The third-order valence-electron chi connectivity index (χ3n) is 7.84. The highest BCUT2D eigenvalue weighted by Gasteiger charge is 2.55. The van der Waals surface area contributed by atoms with Gasteiger partial charge in [0.1, 0.15) is 17.3 Å². The van der Waals surface area contributed by atoms with E-state index in [1.165, 1.54) is 12.0 Å². The lowest BCUT2D eigenvalue weighted by atomic mass is 10.0. The number of carboxylic acids is 1. The minimum Gasteiger partial charge on any atom is -0.495 e. The van der Waals surface area contributed by atoms with Gasteiger partial charge in [0.25, 0.3) is 5.91 Å². The molecule has 0 aromatic heterocycles. The Morgan fingerprint density at radius 1 is 1.07 bits per heavy atom. The summed E-state index contributed by atoms with van der Waals surface area (Å²) in [4.78, 5) is 66.9. The van der Waals surface area contributed by atoms with Gasteiger partial charge in [-0.25, -0.2) is 14.5 Å². The summed E-state index contributed by atoms with van der Waals surface area (Å²) in [5.41, 5.74) is 1.40. The summed E-state index contributed by atoms with van der Waals surface area (Å²) >= 11 is 0. The van der Waals surface area contributed by atoms with E-state index in [-0.39, 0.29) is 18.9 Å². The predicted octanol–water partition coefficient (Wildman–Crippen LogP) is 4.34. The number of benzene rings is 2. The number of hydrogen-bond acceptors (Lipinski definition) is 6. The number of carbonyl (C=O) groups excluding carboxylic acids is 4. The van der Waals surface area contributed by atoms with Crippen LogP contribution in [0.2, 0.25) is 0 Å². The Kier molecular flexibility index (Phi) is 9.27. The normalized spacial score (nSPS) is 17.3. The molecule has 1 aliphatic heterocycles. The fraction of sp³-hybridized carbons (Fsp3) is 0.452. The molecule has 0 spiro atoms. The Morgan fingerprint density at radius 2 is 1.74 bits per heavy atom. The van der Waals surface area contributed by atoms with Gasteiger partial charge in [-0.1, -0.05) is 37.1 Å². The average molecular weight is 594 g/mol. The molecule has 12 heteroatoms. The molecule has 2 aromatic carbocycles.